The Bertz CT molecular complexity index is 773. The van der Waals surface area contributed by atoms with Crippen molar-refractivity contribution in [2.75, 3.05) is 20.2 Å². The Morgan fingerprint density at radius 3 is 2.46 bits per heavy atom. The molecule has 11 heteroatoms. The highest BCUT2D eigenvalue weighted by atomic mass is 32.2. The molecule has 0 saturated carbocycles. The number of methoxy groups -OCH3 is 1. The van der Waals surface area contributed by atoms with Crippen LogP contribution in [0.2, 0.25) is 0 Å². The lowest BCUT2D eigenvalue weighted by Gasteiger charge is -2.29. The lowest BCUT2D eigenvalue weighted by Crippen LogP contribution is -2.40. The topological polar surface area (TPSA) is 127 Å². The minimum absolute atomic E-state index is 0.0548. The summed E-state index contributed by atoms with van der Waals surface area (Å²) in [6, 6.07) is 1.39. The van der Waals surface area contributed by atoms with Crippen molar-refractivity contribution in [1.82, 2.24) is 4.31 Å². The first-order valence-electron chi connectivity index (χ1n) is 6.93. The minimum atomic E-state index is -4.17. The Morgan fingerprint density at radius 1 is 1.42 bits per heavy atom. The molecule has 2 rings (SSSR count). The first-order chi connectivity index (χ1) is 11.2. The summed E-state index contributed by atoms with van der Waals surface area (Å²) in [6.45, 7) is -0.110. The van der Waals surface area contributed by atoms with E-state index >= 15 is 0 Å². The van der Waals surface area contributed by atoms with Crippen LogP contribution >= 0.6 is 0 Å². The van der Waals surface area contributed by atoms with Gasteiger partial charge < -0.3 is 9.84 Å². The molecule has 0 amide bonds. The fourth-order valence-corrected chi connectivity index (χ4v) is 4.04. The third-order valence-corrected chi connectivity index (χ3v) is 5.72. The number of hydrogen-bond donors (Lipinski definition) is 1. The molecule has 0 bridgehead atoms. The van der Waals surface area contributed by atoms with Gasteiger partial charge in [0.15, 0.2) is 5.82 Å². The second-order valence-corrected chi connectivity index (χ2v) is 7.17. The van der Waals surface area contributed by atoms with E-state index in [1.165, 1.54) is 0 Å². The predicted molar refractivity (Wildman–Crippen MR) is 78.7 cm³/mol. The zero-order valence-electron chi connectivity index (χ0n) is 12.6. The van der Waals surface area contributed by atoms with Crippen LogP contribution in [0.5, 0.6) is 5.75 Å². The zero-order chi connectivity index (χ0) is 18.1. The van der Waals surface area contributed by atoms with Crippen molar-refractivity contribution in [2.45, 2.75) is 17.7 Å². The number of nitro benzene ring substituents is 1. The van der Waals surface area contributed by atoms with Crippen LogP contribution in [0.4, 0.5) is 10.1 Å². The summed E-state index contributed by atoms with van der Waals surface area (Å²) >= 11 is 0. The lowest BCUT2D eigenvalue weighted by atomic mass is 9.99. The lowest BCUT2D eigenvalue weighted by molar-refractivity contribution is -0.386. The van der Waals surface area contributed by atoms with Gasteiger partial charge in [-0.25, -0.2) is 12.8 Å². The maximum atomic E-state index is 13.9. The average molecular weight is 362 g/mol. The molecule has 132 valence electrons. The van der Waals surface area contributed by atoms with Crippen molar-refractivity contribution in [3.63, 3.8) is 0 Å². The number of carboxylic acid groups (broad SMARTS) is 1. The van der Waals surface area contributed by atoms with Crippen molar-refractivity contribution >= 4 is 21.7 Å². The van der Waals surface area contributed by atoms with Crippen molar-refractivity contribution in [3.05, 3.63) is 28.1 Å². The Kier molecular flexibility index (Phi) is 5.04. The molecule has 1 saturated heterocycles. The Balaban J connectivity index is 2.37. The fourth-order valence-electron chi connectivity index (χ4n) is 2.53. The van der Waals surface area contributed by atoms with E-state index in [2.05, 4.69) is 4.74 Å². The maximum Gasteiger partial charge on any atom is 0.315 e. The zero-order valence-corrected chi connectivity index (χ0v) is 13.5. The number of benzene rings is 1. The van der Waals surface area contributed by atoms with E-state index < -0.39 is 49.0 Å². The summed E-state index contributed by atoms with van der Waals surface area (Å²) in [7, 11) is -3.14. The monoisotopic (exact) mass is 362 g/mol. The van der Waals surface area contributed by atoms with Crippen LogP contribution < -0.4 is 4.74 Å². The SMILES string of the molecule is COc1c(F)cc(S(=O)(=O)N2CCC(C(=O)O)CC2)cc1[N+](=O)[O-]. The molecule has 1 fully saturated rings. The van der Waals surface area contributed by atoms with Crippen molar-refractivity contribution < 1.29 is 32.4 Å². The van der Waals surface area contributed by atoms with Gasteiger partial charge in [-0.2, -0.15) is 4.31 Å². The average Bonchev–Trinajstić information content (AvgIpc) is 2.53. The van der Waals surface area contributed by atoms with E-state index in [0.717, 1.165) is 17.5 Å². The quantitative estimate of drug-likeness (QED) is 0.616. The molecule has 9 nitrogen and oxygen atoms in total. The number of ether oxygens (including phenoxy) is 1. The molecule has 0 aromatic heterocycles. The van der Waals surface area contributed by atoms with E-state index in [1.54, 1.807) is 0 Å². The number of aliphatic carboxylic acids is 1. The number of nitrogens with zero attached hydrogens (tertiary/aromatic N) is 2. The number of halogens is 1. The first kappa shape index (κ1) is 18.1. The Labute approximate surface area is 136 Å². The second kappa shape index (κ2) is 6.69. The van der Waals surface area contributed by atoms with Gasteiger partial charge in [0, 0.05) is 19.2 Å². The highest BCUT2D eigenvalue weighted by Crippen LogP contribution is 2.34. The Morgan fingerprint density at radius 2 is 2.00 bits per heavy atom. The molecule has 1 N–H and O–H groups in total. The number of rotatable bonds is 5. The number of nitro groups is 1. The summed E-state index contributed by atoms with van der Waals surface area (Å²) in [4.78, 5) is 20.4. The van der Waals surface area contributed by atoms with E-state index in [-0.39, 0.29) is 25.9 Å². The van der Waals surface area contributed by atoms with Crippen LogP contribution in [0.15, 0.2) is 17.0 Å². The van der Waals surface area contributed by atoms with Crippen LogP contribution in [0, 0.1) is 21.8 Å². The number of carboxylic acids is 1. The van der Waals surface area contributed by atoms with Gasteiger partial charge in [-0.3, -0.25) is 14.9 Å². The molecule has 0 unspecified atom stereocenters. The smallest absolute Gasteiger partial charge is 0.315 e. The summed E-state index contributed by atoms with van der Waals surface area (Å²) in [5.74, 6) is -3.45. The van der Waals surface area contributed by atoms with E-state index in [1.807, 2.05) is 0 Å². The molecule has 24 heavy (non-hydrogen) atoms. The second-order valence-electron chi connectivity index (χ2n) is 5.23. The summed E-state index contributed by atoms with van der Waals surface area (Å²) in [6.07, 6.45) is 0.241. The number of hydrogen-bond acceptors (Lipinski definition) is 6. The summed E-state index contributed by atoms with van der Waals surface area (Å²) in [5.41, 5.74) is -0.795. The van der Waals surface area contributed by atoms with Crippen LogP contribution in [0.3, 0.4) is 0 Å². The fraction of sp³-hybridized carbons (Fsp3) is 0.462. The van der Waals surface area contributed by atoms with Gasteiger partial charge in [0.05, 0.1) is 22.8 Å². The van der Waals surface area contributed by atoms with Gasteiger partial charge in [0.1, 0.15) is 0 Å². The van der Waals surface area contributed by atoms with Gasteiger partial charge in [0.25, 0.3) is 0 Å². The van der Waals surface area contributed by atoms with Crippen LogP contribution in [0.1, 0.15) is 12.8 Å². The minimum Gasteiger partial charge on any atom is -0.488 e. The Hall–Kier alpha value is -2.27. The van der Waals surface area contributed by atoms with Crippen LogP contribution in [-0.2, 0) is 14.8 Å². The maximum absolute atomic E-state index is 13.9. The molecule has 0 atom stereocenters. The third kappa shape index (κ3) is 3.31. The molecular formula is C13H15FN2O7S. The van der Waals surface area contributed by atoms with Crippen LogP contribution in [-0.4, -0.2) is 48.9 Å². The van der Waals surface area contributed by atoms with Gasteiger partial charge >= 0.3 is 11.7 Å². The van der Waals surface area contributed by atoms with Gasteiger partial charge in [0.2, 0.25) is 15.8 Å². The standard InChI is InChI=1S/C13H15FN2O7S/c1-23-12-10(14)6-9(7-11(12)16(19)20)24(21,22)15-4-2-8(3-5-15)13(17)18/h6-8H,2-5H2,1H3,(H,17,18). The van der Waals surface area contributed by atoms with E-state index in [0.29, 0.717) is 6.07 Å². The molecule has 1 aromatic rings. The van der Waals surface area contributed by atoms with E-state index in [4.69, 9.17) is 5.11 Å². The molecule has 0 aliphatic carbocycles. The molecule has 1 aliphatic rings. The molecule has 0 radical (unpaired) electrons. The normalized spacial score (nSPS) is 16.8. The van der Waals surface area contributed by atoms with Gasteiger partial charge in [-0.1, -0.05) is 0 Å². The molecule has 1 heterocycles. The predicted octanol–water partition coefficient (Wildman–Crippen LogP) is 1.23. The first-order valence-corrected chi connectivity index (χ1v) is 8.37. The van der Waals surface area contributed by atoms with Crippen molar-refractivity contribution in [3.8, 4) is 5.75 Å². The summed E-state index contributed by atoms with van der Waals surface area (Å²) < 4.78 is 44.6. The third-order valence-electron chi connectivity index (χ3n) is 3.84. The van der Waals surface area contributed by atoms with Gasteiger partial charge in [-0.05, 0) is 18.9 Å². The number of sulfonamides is 1. The van der Waals surface area contributed by atoms with Crippen LogP contribution in [0.25, 0.3) is 0 Å². The molecular weight excluding hydrogens is 347 g/mol. The van der Waals surface area contributed by atoms with Gasteiger partial charge in [-0.15, -0.1) is 0 Å². The summed E-state index contributed by atoms with van der Waals surface area (Å²) in [5, 5.41) is 19.9. The number of piperidine rings is 1. The molecule has 1 aliphatic heterocycles. The molecule has 0 spiro atoms. The largest absolute Gasteiger partial charge is 0.488 e. The highest BCUT2D eigenvalue weighted by molar-refractivity contribution is 7.89. The highest BCUT2D eigenvalue weighted by Gasteiger charge is 2.34. The molecule has 1 aromatic carbocycles. The van der Waals surface area contributed by atoms with Crippen molar-refractivity contribution in [1.29, 1.82) is 0 Å². The van der Waals surface area contributed by atoms with E-state index in [9.17, 15) is 27.7 Å². The van der Waals surface area contributed by atoms with Crippen molar-refractivity contribution in [2.24, 2.45) is 5.92 Å². The number of carbonyl (C=O) groups is 1.